The van der Waals surface area contributed by atoms with Crippen LogP contribution in [0.2, 0.25) is 0 Å². The van der Waals surface area contributed by atoms with E-state index in [4.69, 9.17) is 9.40 Å². The second-order valence-electron chi connectivity index (χ2n) is 7.02. The number of hydrogen-bond donors (Lipinski definition) is 0. The summed E-state index contributed by atoms with van der Waals surface area (Å²) in [5.41, 5.74) is 1.29. The van der Waals surface area contributed by atoms with Crippen molar-refractivity contribution in [2.24, 2.45) is 0 Å². The molecule has 1 atom stereocenters. The first-order valence-electron chi connectivity index (χ1n) is 9.49. The molecular formula is C23H21N3O3S. The molecule has 4 rings (SSSR count). The lowest BCUT2D eigenvalue weighted by molar-refractivity contribution is -0.128. The minimum absolute atomic E-state index is 0.0712. The van der Waals surface area contributed by atoms with Gasteiger partial charge in [0.25, 0.3) is 5.56 Å². The van der Waals surface area contributed by atoms with Gasteiger partial charge in [0.15, 0.2) is 5.16 Å². The van der Waals surface area contributed by atoms with Crippen molar-refractivity contribution in [3.63, 3.8) is 0 Å². The number of rotatable bonds is 6. The molecule has 2 aromatic heterocycles. The SMILES string of the molecule is CN(C)C(=O)C(Sc1nc2ccccc2c(=O)n1Cc1ccco1)c1ccccc1. The van der Waals surface area contributed by atoms with Crippen molar-refractivity contribution < 1.29 is 9.21 Å². The fourth-order valence-corrected chi connectivity index (χ4v) is 4.41. The van der Waals surface area contributed by atoms with Crippen molar-refractivity contribution in [3.8, 4) is 0 Å². The lowest BCUT2D eigenvalue weighted by Crippen LogP contribution is -2.28. The van der Waals surface area contributed by atoms with Gasteiger partial charge in [-0.2, -0.15) is 0 Å². The van der Waals surface area contributed by atoms with Crippen LogP contribution in [-0.2, 0) is 11.3 Å². The van der Waals surface area contributed by atoms with E-state index in [1.54, 1.807) is 42.0 Å². The minimum atomic E-state index is -0.530. The maximum Gasteiger partial charge on any atom is 0.262 e. The number of fused-ring (bicyclic) bond motifs is 1. The molecule has 0 saturated carbocycles. The van der Waals surface area contributed by atoms with Crippen LogP contribution in [0.5, 0.6) is 0 Å². The zero-order valence-corrected chi connectivity index (χ0v) is 17.5. The fraction of sp³-hybridized carbons (Fsp3) is 0.174. The van der Waals surface area contributed by atoms with Gasteiger partial charge in [-0.05, 0) is 29.8 Å². The van der Waals surface area contributed by atoms with Crippen LogP contribution in [0.25, 0.3) is 10.9 Å². The Morgan fingerprint density at radius 3 is 2.50 bits per heavy atom. The predicted octanol–water partition coefficient (Wildman–Crippen LogP) is 3.96. The number of amides is 1. The summed E-state index contributed by atoms with van der Waals surface area (Å²) in [6.45, 7) is 0.240. The van der Waals surface area contributed by atoms with E-state index in [0.29, 0.717) is 21.8 Å². The molecular weight excluding hydrogens is 398 g/mol. The standard InChI is InChI=1S/C23H21N3O3S/c1-25(2)22(28)20(16-9-4-3-5-10-16)30-23-24-19-13-7-6-12-18(19)21(27)26(23)15-17-11-8-14-29-17/h3-14,20H,15H2,1-2H3. The monoisotopic (exact) mass is 419 g/mol. The Hall–Kier alpha value is -3.32. The van der Waals surface area contributed by atoms with Crippen LogP contribution in [-0.4, -0.2) is 34.5 Å². The zero-order valence-electron chi connectivity index (χ0n) is 16.7. The van der Waals surface area contributed by atoms with Crippen molar-refractivity contribution in [1.29, 1.82) is 0 Å². The molecule has 0 bridgehead atoms. The topological polar surface area (TPSA) is 68.3 Å². The molecule has 1 amide bonds. The van der Waals surface area contributed by atoms with E-state index >= 15 is 0 Å². The Morgan fingerprint density at radius 2 is 1.80 bits per heavy atom. The number of thioether (sulfide) groups is 1. The van der Waals surface area contributed by atoms with Gasteiger partial charge < -0.3 is 9.32 Å². The highest BCUT2D eigenvalue weighted by Crippen LogP contribution is 2.35. The first-order chi connectivity index (χ1) is 14.5. The zero-order chi connectivity index (χ0) is 21.1. The molecule has 2 aromatic carbocycles. The summed E-state index contributed by atoms with van der Waals surface area (Å²) in [6.07, 6.45) is 1.57. The Morgan fingerprint density at radius 1 is 1.07 bits per heavy atom. The molecule has 0 aliphatic carbocycles. The second-order valence-corrected chi connectivity index (χ2v) is 8.10. The second kappa shape index (κ2) is 8.59. The van der Waals surface area contributed by atoms with E-state index in [9.17, 15) is 9.59 Å². The highest BCUT2D eigenvalue weighted by Gasteiger charge is 2.26. The van der Waals surface area contributed by atoms with Gasteiger partial charge in [0.2, 0.25) is 5.91 Å². The van der Waals surface area contributed by atoms with Crippen molar-refractivity contribution >= 4 is 28.6 Å². The number of nitrogens with zero attached hydrogens (tertiary/aromatic N) is 3. The number of benzene rings is 2. The van der Waals surface area contributed by atoms with Gasteiger partial charge in [-0.15, -0.1) is 0 Å². The minimum Gasteiger partial charge on any atom is -0.467 e. The van der Waals surface area contributed by atoms with Gasteiger partial charge in [0, 0.05) is 14.1 Å². The Labute approximate surface area is 178 Å². The fourth-order valence-electron chi connectivity index (χ4n) is 3.16. The van der Waals surface area contributed by atoms with E-state index < -0.39 is 5.25 Å². The van der Waals surface area contributed by atoms with Gasteiger partial charge in [-0.25, -0.2) is 4.98 Å². The first kappa shape index (κ1) is 20.0. The summed E-state index contributed by atoms with van der Waals surface area (Å²) >= 11 is 1.27. The van der Waals surface area contributed by atoms with E-state index in [1.807, 2.05) is 54.6 Å². The quantitative estimate of drug-likeness (QED) is 0.350. The number of aromatic nitrogens is 2. The molecule has 1 unspecified atom stereocenters. The third-order valence-electron chi connectivity index (χ3n) is 4.71. The number of carbonyl (C=O) groups is 1. The van der Waals surface area contributed by atoms with E-state index in [1.165, 1.54) is 11.8 Å². The molecule has 30 heavy (non-hydrogen) atoms. The predicted molar refractivity (Wildman–Crippen MR) is 118 cm³/mol. The molecule has 6 nitrogen and oxygen atoms in total. The summed E-state index contributed by atoms with van der Waals surface area (Å²) in [6, 6.07) is 20.4. The molecule has 7 heteroatoms. The largest absolute Gasteiger partial charge is 0.467 e. The number of furan rings is 1. The first-order valence-corrected chi connectivity index (χ1v) is 10.4. The molecule has 4 aromatic rings. The van der Waals surface area contributed by atoms with Crippen LogP contribution in [0, 0.1) is 0 Å². The average Bonchev–Trinajstić information content (AvgIpc) is 3.28. The molecule has 0 spiro atoms. The molecule has 0 radical (unpaired) electrons. The highest BCUT2D eigenvalue weighted by atomic mass is 32.2. The summed E-state index contributed by atoms with van der Waals surface area (Å²) in [5, 5.41) is 0.472. The molecule has 0 saturated heterocycles. The number of para-hydroxylation sites is 1. The summed E-state index contributed by atoms with van der Waals surface area (Å²) in [4.78, 5) is 32.6. The number of hydrogen-bond acceptors (Lipinski definition) is 5. The molecule has 2 heterocycles. The molecule has 0 fully saturated rings. The third kappa shape index (κ3) is 4.02. The van der Waals surface area contributed by atoms with Crippen LogP contribution in [0.1, 0.15) is 16.6 Å². The van der Waals surface area contributed by atoms with Crippen LogP contribution in [0.4, 0.5) is 0 Å². The Kier molecular flexibility index (Phi) is 5.72. The van der Waals surface area contributed by atoms with Gasteiger partial charge >= 0.3 is 0 Å². The summed E-state index contributed by atoms with van der Waals surface area (Å²) < 4.78 is 7.04. The Bertz CT molecular complexity index is 1220. The van der Waals surface area contributed by atoms with Crippen LogP contribution >= 0.6 is 11.8 Å². The van der Waals surface area contributed by atoms with Crippen LogP contribution in [0.3, 0.4) is 0 Å². The van der Waals surface area contributed by atoms with E-state index in [0.717, 1.165) is 5.56 Å². The maximum absolute atomic E-state index is 13.3. The van der Waals surface area contributed by atoms with E-state index in [-0.39, 0.29) is 18.0 Å². The highest BCUT2D eigenvalue weighted by molar-refractivity contribution is 8.00. The normalized spacial score (nSPS) is 12.1. The van der Waals surface area contributed by atoms with Crippen molar-refractivity contribution in [2.75, 3.05) is 14.1 Å². The van der Waals surface area contributed by atoms with Crippen molar-refractivity contribution in [3.05, 3.63) is 94.7 Å². The molecule has 0 aliphatic heterocycles. The van der Waals surface area contributed by atoms with Gasteiger partial charge in [-0.3, -0.25) is 14.2 Å². The van der Waals surface area contributed by atoms with Crippen LogP contribution in [0.15, 0.2) is 87.4 Å². The molecule has 152 valence electrons. The molecule has 0 aliphatic rings. The Balaban J connectivity index is 1.85. The van der Waals surface area contributed by atoms with Gasteiger partial charge in [-0.1, -0.05) is 54.2 Å². The number of carbonyl (C=O) groups excluding carboxylic acids is 1. The van der Waals surface area contributed by atoms with Crippen molar-refractivity contribution in [1.82, 2.24) is 14.5 Å². The summed E-state index contributed by atoms with van der Waals surface area (Å²) in [7, 11) is 3.45. The molecule has 0 N–H and O–H groups in total. The van der Waals surface area contributed by atoms with Crippen molar-refractivity contribution in [2.45, 2.75) is 17.0 Å². The lowest BCUT2D eigenvalue weighted by atomic mass is 10.1. The van der Waals surface area contributed by atoms with Gasteiger partial charge in [0.05, 0.1) is 23.7 Å². The smallest absolute Gasteiger partial charge is 0.262 e. The van der Waals surface area contributed by atoms with E-state index in [2.05, 4.69) is 0 Å². The lowest BCUT2D eigenvalue weighted by Gasteiger charge is -2.21. The van der Waals surface area contributed by atoms with Crippen LogP contribution < -0.4 is 5.56 Å². The third-order valence-corrected chi connectivity index (χ3v) is 5.94. The summed E-state index contributed by atoms with van der Waals surface area (Å²) in [5.74, 6) is 0.574. The number of likely N-dealkylation sites (N-methyl/N-ethyl adjacent to an activating group) is 1. The average molecular weight is 420 g/mol. The van der Waals surface area contributed by atoms with Gasteiger partial charge in [0.1, 0.15) is 11.0 Å². The maximum atomic E-state index is 13.3.